The second-order valence-electron chi connectivity index (χ2n) is 2.69. The van der Waals surface area contributed by atoms with Crippen molar-refractivity contribution in [2.75, 3.05) is 0 Å². The van der Waals surface area contributed by atoms with Gasteiger partial charge in [-0.25, -0.2) is 4.39 Å². The van der Waals surface area contributed by atoms with Crippen LogP contribution in [0.15, 0.2) is 18.2 Å². The number of benzene rings is 1. The van der Waals surface area contributed by atoms with Crippen LogP contribution in [-0.2, 0) is 0 Å². The fourth-order valence-electron chi connectivity index (χ4n) is 1.25. The van der Waals surface area contributed by atoms with Crippen LogP contribution in [0, 0.1) is 5.82 Å². The summed E-state index contributed by atoms with van der Waals surface area (Å²) in [4.78, 5) is 13.2. The zero-order valence-corrected chi connectivity index (χ0v) is 7.23. The molecule has 0 spiro atoms. The minimum Gasteiger partial charge on any atom is -0.351 e. The van der Waals surface area contributed by atoms with E-state index in [0.717, 1.165) is 0 Å². The van der Waals surface area contributed by atoms with Crippen molar-refractivity contribution < 1.29 is 9.18 Å². The van der Waals surface area contributed by atoms with Crippen LogP contribution in [0.3, 0.4) is 0 Å². The van der Waals surface area contributed by atoms with E-state index in [9.17, 15) is 9.18 Å². The Hall–Kier alpha value is -1.35. The number of carbonyl (C=O) groups excluding carboxylic acids is 1. The lowest BCUT2D eigenvalue weighted by Crippen LogP contribution is -1.77. The SMILES string of the molecule is O=Cc1cc2cc(F)cc(Cl)c2[nH]1. The van der Waals surface area contributed by atoms with Crippen molar-refractivity contribution in [1.29, 1.82) is 0 Å². The molecule has 0 radical (unpaired) electrons. The number of fused-ring (bicyclic) bond motifs is 1. The highest BCUT2D eigenvalue weighted by Crippen LogP contribution is 2.24. The summed E-state index contributed by atoms with van der Waals surface area (Å²) in [6.07, 6.45) is 0.661. The van der Waals surface area contributed by atoms with Gasteiger partial charge >= 0.3 is 0 Å². The summed E-state index contributed by atoms with van der Waals surface area (Å²) >= 11 is 5.75. The van der Waals surface area contributed by atoms with Crippen molar-refractivity contribution in [2.45, 2.75) is 0 Å². The van der Waals surface area contributed by atoms with Crippen molar-refractivity contribution in [3.05, 3.63) is 34.7 Å². The standard InChI is InChI=1S/C9H5ClFNO/c10-8-3-6(11)1-5-2-7(4-13)12-9(5)8/h1-4,12H. The molecule has 0 amide bonds. The highest BCUT2D eigenvalue weighted by atomic mass is 35.5. The van der Waals surface area contributed by atoms with Crippen molar-refractivity contribution in [2.24, 2.45) is 0 Å². The van der Waals surface area contributed by atoms with Gasteiger partial charge in [-0.15, -0.1) is 0 Å². The molecule has 0 fully saturated rings. The maximum Gasteiger partial charge on any atom is 0.166 e. The van der Waals surface area contributed by atoms with Crippen LogP contribution in [0.5, 0.6) is 0 Å². The zero-order valence-electron chi connectivity index (χ0n) is 6.47. The fourth-order valence-corrected chi connectivity index (χ4v) is 1.51. The first-order valence-corrected chi connectivity index (χ1v) is 4.01. The topological polar surface area (TPSA) is 32.9 Å². The average molecular weight is 198 g/mol. The highest BCUT2D eigenvalue weighted by Gasteiger charge is 2.05. The molecule has 2 rings (SSSR count). The van der Waals surface area contributed by atoms with E-state index >= 15 is 0 Å². The Morgan fingerprint density at radius 3 is 2.85 bits per heavy atom. The molecule has 2 aromatic rings. The molecular weight excluding hydrogens is 193 g/mol. The summed E-state index contributed by atoms with van der Waals surface area (Å²) < 4.78 is 12.8. The molecule has 1 N–H and O–H groups in total. The second kappa shape index (κ2) is 2.85. The van der Waals surface area contributed by atoms with Gasteiger partial charge in [0.15, 0.2) is 6.29 Å². The van der Waals surface area contributed by atoms with Gasteiger partial charge in [-0.3, -0.25) is 4.79 Å². The van der Waals surface area contributed by atoms with E-state index in [-0.39, 0.29) is 5.02 Å². The molecular formula is C9H5ClFNO. The third-order valence-electron chi connectivity index (χ3n) is 1.79. The maximum absolute atomic E-state index is 12.8. The van der Waals surface area contributed by atoms with Crippen LogP contribution in [-0.4, -0.2) is 11.3 Å². The van der Waals surface area contributed by atoms with Gasteiger partial charge in [0.25, 0.3) is 0 Å². The molecule has 0 bridgehead atoms. The fraction of sp³-hybridized carbons (Fsp3) is 0. The normalized spacial score (nSPS) is 10.6. The highest BCUT2D eigenvalue weighted by molar-refractivity contribution is 6.35. The van der Waals surface area contributed by atoms with Crippen molar-refractivity contribution in [3.63, 3.8) is 0 Å². The quantitative estimate of drug-likeness (QED) is 0.701. The summed E-state index contributed by atoms with van der Waals surface area (Å²) in [6, 6.07) is 4.08. The zero-order chi connectivity index (χ0) is 9.42. The van der Waals surface area contributed by atoms with Gasteiger partial charge in [-0.05, 0) is 18.2 Å². The molecule has 4 heteroatoms. The Kier molecular flexibility index (Phi) is 1.81. The summed E-state index contributed by atoms with van der Waals surface area (Å²) in [5.74, 6) is -0.408. The minimum absolute atomic E-state index is 0.281. The van der Waals surface area contributed by atoms with Crippen LogP contribution in [0.1, 0.15) is 10.5 Å². The smallest absolute Gasteiger partial charge is 0.166 e. The molecule has 1 aromatic heterocycles. The Balaban J connectivity index is 2.82. The van der Waals surface area contributed by atoms with Gasteiger partial charge in [-0.2, -0.15) is 0 Å². The number of halogens is 2. The molecule has 0 unspecified atom stereocenters. The molecule has 0 aliphatic heterocycles. The van der Waals surface area contributed by atoms with Gasteiger partial charge in [0.05, 0.1) is 16.2 Å². The van der Waals surface area contributed by atoms with Gasteiger partial charge < -0.3 is 4.98 Å². The first-order chi connectivity index (χ1) is 6.20. The minimum atomic E-state index is -0.408. The first-order valence-electron chi connectivity index (χ1n) is 3.63. The number of aromatic nitrogens is 1. The summed E-state index contributed by atoms with van der Waals surface area (Å²) in [7, 11) is 0. The lowest BCUT2D eigenvalue weighted by molar-refractivity contribution is 0.112. The van der Waals surface area contributed by atoms with Gasteiger partial charge in [0.2, 0.25) is 0 Å². The second-order valence-corrected chi connectivity index (χ2v) is 3.10. The first kappa shape index (κ1) is 8.26. The monoisotopic (exact) mass is 197 g/mol. The van der Waals surface area contributed by atoms with Crippen LogP contribution in [0.2, 0.25) is 5.02 Å². The van der Waals surface area contributed by atoms with E-state index < -0.39 is 5.82 Å². The summed E-state index contributed by atoms with van der Waals surface area (Å²) in [5, 5.41) is 0.884. The Labute approximate surface area is 78.3 Å². The molecule has 0 atom stereocenters. The Bertz CT molecular complexity index is 478. The largest absolute Gasteiger partial charge is 0.351 e. The number of hydrogen-bond acceptors (Lipinski definition) is 1. The van der Waals surface area contributed by atoms with E-state index in [4.69, 9.17) is 11.6 Å². The number of rotatable bonds is 1. The molecule has 0 aliphatic rings. The number of hydrogen-bond donors (Lipinski definition) is 1. The molecule has 0 aliphatic carbocycles. The molecule has 66 valence electrons. The molecule has 0 saturated carbocycles. The van der Waals surface area contributed by atoms with Crippen molar-refractivity contribution >= 4 is 28.8 Å². The van der Waals surface area contributed by atoms with Crippen LogP contribution in [0.4, 0.5) is 4.39 Å². The third kappa shape index (κ3) is 1.31. The van der Waals surface area contributed by atoms with Crippen molar-refractivity contribution in [3.8, 4) is 0 Å². The summed E-state index contributed by atoms with van der Waals surface area (Å²) in [6.45, 7) is 0. The lowest BCUT2D eigenvalue weighted by Gasteiger charge is -1.93. The maximum atomic E-state index is 12.8. The van der Waals surface area contributed by atoms with Gasteiger partial charge in [0, 0.05) is 5.39 Å². The number of carbonyl (C=O) groups is 1. The van der Waals surface area contributed by atoms with E-state index in [1.165, 1.54) is 12.1 Å². The molecule has 2 nitrogen and oxygen atoms in total. The Morgan fingerprint density at radius 2 is 2.15 bits per heavy atom. The number of H-pyrrole nitrogens is 1. The third-order valence-corrected chi connectivity index (χ3v) is 2.09. The number of aldehydes is 1. The average Bonchev–Trinajstić information content (AvgIpc) is 2.47. The lowest BCUT2D eigenvalue weighted by atomic mass is 10.2. The van der Waals surface area contributed by atoms with E-state index in [1.54, 1.807) is 6.07 Å². The molecule has 13 heavy (non-hydrogen) atoms. The Morgan fingerprint density at radius 1 is 1.38 bits per heavy atom. The predicted molar refractivity (Wildman–Crippen MR) is 48.7 cm³/mol. The summed E-state index contributed by atoms with van der Waals surface area (Å²) in [5.41, 5.74) is 0.979. The van der Waals surface area contributed by atoms with Crippen molar-refractivity contribution in [1.82, 2.24) is 4.98 Å². The molecule has 0 saturated heterocycles. The molecule has 1 heterocycles. The number of nitrogens with one attached hydrogen (secondary N) is 1. The van der Waals surface area contributed by atoms with E-state index in [1.807, 2.05) is 0 Å². The van der Waals surface area contributed by atoms with E-state index in [2.05, 4.69) is 4.98 Å². The van der Waals surface area contributed by atoms with Crippen LogP contribution in [0.25, 0.3) is 10.9 Å². The van der Waals surface area contributed by atoms with Crippen LogP contribution < -0.4 is 0 Å². The van der Waals surface area contributed by atoms with E-state index in [0.29, 0.717) is 22.9 Å². The predicted octanol–water partition coefficient (Wildman–Crippen LogP) is 2.77. The van der Waals surface area contributed by atoms with Gasteiger partial charge in [0.1, 0.15) is 5.82 Å². The van der Waals surface area contributed by atoms with Crippen LogP contribution >= 0.6 is 11.6 Å². The number of aromatic amines is 1. The van der Waals surface area contributed by atoms with Gasteiger partial charge in [-0.1, -0.05) is 11.6 Å². The molecule has 1 aromatic carbocycles.